The summed E-state index contributed by atoms with van der Waals surface area (Å²) in [5, 5.41) is 0. The highest BCUT2D eigenvalue weighted by Crippen LogP contribution is 2.38. The highest BCUT2D eigenvalue weighted by atomic mass is 14.3. The molecular weight excluding hydrogens is 132 g/mol. The average Bonchev–Trinajstić information content (AvgIpc) is 2.69. The van der Waals surface area contributed by atoms with Gasteiger partial charge in [0, 0.05) is 0 Å². The third-order valence-corrected chi connectivity index (χ3v) is 2.17. The molecule has 2 rings (SSSR count). The topological polar surface area (TPSA) is 0 Å². The lowest BCUT2D eigenvalue weighted by atomic mass is 10.2. The van der Waals surface area contributed by atoms with Crippen LogP contribution in [0.15, 0.2) is 35.9 Å². The van der Waals surface area contributed by atoms with Crippen LogP contribution in [0, 0.1) is 5.92 Å². The van der Waals surface area contributed by atoms with E-state index in [4.69, 9.17) is 0 Å². The predicted molar refractivity (Wildman–Crippen MR) is 48.2 cm³/mol. The smallest absolute Gasteiger partial charge is 0.0191 e. The van der Waals surface area contributed by atoms with Crippen molar-refractivity contribution in [3.05, 3.63) is 41.5 Å². The lowest BCUT2D eigenvalue weighted by Crippen LogP contribution is -1.67. The molecule has 1 unspecified atom stereocenters. The van der Waals surface area contributed by atoms with E-state index in [-0.39, 0.29) is 0 Å². The van der Waals surface area contributed by atoms with E-state index in [1.165, 1.54) is 12.0 Å². The standard InChI is InChI=1S/C11H12/c1-9-7-11(9)8-10-5-3-2-4-6-10/h2-6,8-9H,7H2,1H3. The molecule has 1 aliphatic rings. The molecule has 11 heavy (non-hydrogen) atoms. The summed E-state index contributed by atoms with van der Waals surface area (Å²) < 4.78 is 0. The Morgan fingerprint density at radius 3 is 2.45 bits per heavy atom. The Morgan fingerprint density at radius 2 is 1.91 bits per heavy atom. The molecule has 1 atom stereocenters. The van der Waals surface area contributed by atoms with Gasteiger partial charge < -0.3 is 0 Å². The van der Waals surface area contributed by atoms with Crippen LogP contribution < -0.4 is 0 Å². The molecule has 1 aromatic rings. The maximum absolute atomic E-state index is 2.30. The van der Waals surface area contributed by atoms with E-state index < -0.39 is 0 Å². The van der Waals surface area contributed by atoms with Crippen molar-refractivity contribution >= 4 is 6.08 Å². The molecule has 0 N–H and O–H groups in total. The summed E-state index contributed by atoms with van der Waals surface area (Å²) in [4.78, 5) is 0. The molecule has 0 heteroatoms. The Labute approximate surface area is 67.6 Å². The summed E-state index contributed by atoms with van der Waals surface area (Å²) in [6, 6.07) is 10.5. The van der Waals surface area contributed by atoms with Crippen LogP contribution in [0.1, 0.15) is 18.9 Å². The van der Waals surface area contributed by atoms with E-state index in [0.29, 0.717) is 0 Å². The van der Waals surface area contributed by atoms with Gasteiger partial charge in [-0.25, -0.2) is 0 Å². The average molecular weight is 144 g/mol. The molecule has 0 amide bonds. The normalized spacial score (nSPS) is 25.5. The number of hydrogen-bond acceptors (Lipinski definition) is 0. The molecule has 1 fully saturated rings. The maximum atomic E-state index is 2.30. The fraction of sp³-hybridized carbons (Fsp3) is 0.273. The fourth-order valence-corrected chi connectivity index (χ4v) is 1.26. The van der Waals surface area contributed by atoms with E-state index in [2.05, 4.69) is 43.3 Å². The van der Waals surface area contributed by atoms with Gasteiger partial charge in [0.1, 0.15) is 0 Å². The van der Waals surface area contributed by atoms with Gasteiger partial charge in [0.25, 0.3) is 0 Å². The first-order valence-corrected chi connectivity index (χ1v) is 4.12. The molecule has 0 radical (unpaired) electrons. The van der Waals surface area contributed by atoms with Gasteiger partial charge in [0.15, 0.2) is 0 Å². The SMILES string of the molecule is CC1CC1=Cc1ccccc1. The first-order chi connectivity index (χ1) is 5.36. The second-order valence-corrected chi connectivity index (χ2v) is 3.24. The summed E-state index contributed by atoms with van der Waals surface area (Å²) in [5.74, 6) is 0.843. The Hall–Kier alpha value is -1.04. The quantitative estimate of drug-likeness (QED) is 0.568. The zero-order chi connectivity index (χ0) is 7.68. The van der Waals surface area contributed by atoms with E-state index in [1.807, 2.05) is 0 Å². The molecule has 0 spiro atoms. The minimum atomic E-state index is 0.843. The van der Waals surface area contributed by atoms with Gasteiger partial charge in [-0.05, 0) is 17.9 Å². The van der Waals surface area contributed by atoms with E-state index in [9.17, 15) is 0 Å². The fourth-order valence-electron chi connectivity index (χ4n) is 1.26. The molecule has 0 bridgehead atoms. The zero-order valence-corrected chi connectivity index (χ0v) is 6.75. The molecule has 1 aliphatic carbocycles. The van der Waals surface area contributed by atoms with Crippen LogP contribution in [-0.4, -0.2) is 0 Å². The zero-order valence-electron chi connectivity index (χ0n) is 6.75. The third kappa shape index (κ3) is 1.51. The van der Waals surface area contributed by atoms with Crippen LogP contribution in [0.25, 0.3) is 6.08 Å². The number of rotatable bonds is 1. The van der Waals surface area contributed by atoms with Crippen molar-refractivity contribution in [2.45, 2.75) is 13.3 Å². The summed E-state index contributed by atoms with van der Waals surface area (Å²) in [6.45, 7) is 2.27. The van der Waals surface area contributed by atoms with Crippen molar-refractivity contribution in [1.29, 1.82) is 0 Å². The number of hydrogen-bond donors (Lipinski definition) is 0. The van der Waals surface area contributed by atoms with Crippen LogP contribution in [-0.2, 0) is 0 Å². The van der Waals surface area contributed by atoms with Crippen LogP contribution in [0.3, 0.4) is 0 Å². The van der Waals surface area contributed by atoms with Crippen LogP contribution in [0.5, 0.6) is 0 Å². The first kappa shape index (κ1) is 6.66. The Bertz CT molecular complexity index is 269. The second-order valence-electron chi connectivity index (χ2n) is 3.24. The monoisotopic (exact) mass is 144 g/mol. The molecule has 0 aromatic heterocycles. The molecule has 0 saturated heterocycles. The van der Waals surface area contributed by atoms with Gasteiger partial charge >= 0.3 is 0 Å². The maximum Gasteiger partial charge on any atom is -0.0191 e. The highest BCUT2D eigenvalue weighted by molar-refractivity contribution is 5.57. The van der Waals surface area contributed by atoms with Gasteiger partial charge in [-0.1, -0.05) is 48.9 Å². The second kappa shape index (κ2) is 2.54. The van der Waals surface area contributed by atoms with Gasteiger partial charge in [0.2, 0.25) is 0 Å². The van der Waals surface area contributed by atoms with Crippen molar-refractivity contribution in [2.75, 3.05) is 0 Å². The Morgan fingerprint density at radius 1 is 1.27 bits per heavy atom. The number of benzene rings is 1. The largest absolute Gasteiger partial charge is 0.0659 e. The summed E-state index contributed by atoms with van der Waals surface area (Å²) in [7, 11) is 0. The lowest BCUT2D eigenvalue weighted by molar-refractivity contribution is 1.02. The molecule has 1 saturated carbocycles. The Balaban J connectivity index is 2.20. The molecule has 56 valence electrons. The minimum Gasteiger partial charge on any atom is -0.0659 e. The summed E-state index contributed by atoms with van der Waals surface area (Å²) >= 11 is 0. The van der Waals surface area contributed by atoms with Gasteiger partial charge in [-0.15, -0.1) is 0 Å². The summed E-state index contributed by atoms with van der Waals surface area (Å²) in [5.41, 5.74) is 2.93. The van der Waals surface area contributed by atoms with Crippen molar-refractivity contribution in [2.24, 2.45) is 5.92 Å². The van der Waals surface area contributed by atoms with E-state index in [0.717, 1.165) is 5.92 Å². The Kier molecular flexibility index (Phi) is 1.54. The third-order valence-electron chi connectivity index (χ3n) is 2.17. The van der Waals surface area contributed by atoms with Crippen molar-refractivity contribution in [1.82, 2.24) is 0 Å². The van der Waals surface area contributed by atoms with Gasteiger partial charge in [0.05, 0.1) is 0 Å². The predicted octanol–water partition coefficient (Wildman–Crippen LogP) is 3.11. The lowest BCUT2D eigenvalue weighted by Gasteiger charge is -1.88. The van der Waals surface area contributed by atoms with Crippen LogP contribution >= 0.6 is 0 Å². The minimum absolute atomic E-state index is 0.843. The molecular formula is C11H12. The van der Waals surface area contributed by atoms with Gasteiger partial charge in [-0.2, -0.15) is 0 Å². The summed E-state index contributed by atoms with van der Waals surface area (Å²) in [6.07, 6.45) is 3.60. The van der Waals surface area contributed by atoms with Crippen LogP contribution in [0.4, 0.5) is 0 Å². The first-order valence-electron chi connectivity index (χ1n) is 4.12. The van der Waals surface area contributed by atoms with E-state index >= 15 is 0 Å². The molecule has 0 heterocycles. The van der Waals surface area contributed by atoms with E-state index in [1.54, 1.807) is 5.57 Å². The molecule has 0 nitrogen and oxygen atoms in total. The van der Waals surface area contributed by atoms with Gasteiger partial charge in [-0.3, -0.25) is 0 Å². The highest BCUT2D eigenvalue weighted by Gasteiger charge is 2.23. The molecule has 1 aromatic carbocycles. The van der Waals surface area contributed by atoms with Crippen molar-refractivity contribution < 1.29 is 0 Å². The van der Waals surface area contributed by atoms with Crippen molar-refractivity contribution in [3.8, 4) is 0 Å². The van der Waals surface area contributed by atoms with Crippen LogP contribution in [0.2, 0.25) is 0 Å². The number of allylic oxidation sites excluding steroid dienone is 1. The van der Waals surface area contributed by atoms with Crippen molar-refractivity contribution in [3.63, 3.8) is 0 Å². The molecule has 0 aliphatic heterocycles.